The Bertz CT molecular complexity index is 821. The number of ether oxygens (including phenoxy) is 1. The summed E-state index contributed by atoms with van der Waals surface area (Å²) in [6, 6.07) is 14.2. The molecular formula is C19H19N3O3. The van der Waals surface area contributed by atoms with Gasteiger partial charge in [0.05, 0.1) is 12.8 Å². The molecule has 0 saturated carbocycles. The van der Waals surface area contributed by atoms with Crippen LogP contribution < -0.4 is 15.4 Å². The largest absolute Gasteiger partial charge is 0.506 e. The number of carbonyl (C=O) groups excluding carboxylic acids is 1. The van der Waals surface area contributed by atoms with Gasteiger partial charge in [-0.25, -0.2) is 0 Å². The van der Waals surface area contributed by atoms with Gasteiger partial charge in [-0.1, -0.05) is 18.2 Å². The van der Waals surface area contributed by atoms with Crippen LogP contribution in [0.25, 0.3) is 0 Å². The Hall–Kier alpha value is -3.46. The number of hydrogen-bond acceptors (Lipinski definition) is 5. The van der Waals surface area contributed by atoms with E-state index in [1.807, 2.05) is 31.2 Å². The molecule has 0 unspecified atom stereocenters. The van der Waals surface area contributed by atoms with Crippen molar-refractivity contribution >= 4 is 11.6 Å². The van der Waals surface area contributed by atoms with E-state index in [0.29, 0.717) is 5.69 Å². The standard InChI is InChI=1S/C19H19N3O3/c1-13-3-8-17(18(23)9-13)21-12-15(10-20)19(24)22-11-14-4-6-16(25-2)7-5-14/h3-9,12,21,23H,11H2,1-2H3,(H,22,24)/b15-12-. The molecule has 25 heavy (non-hydrogen) atoms. The fraction of sp³-hybridized carbons (Fsp3) is 0.158. The van der Waals surface area contributed by atoms with Crippen molar-refractivity contribution in [3.05, 3.63) is 65.4 Å². The lowest BCUT2D eigenvalue weighted by atomic mass is 10.2. The normalized spacial score (nSPS) is 10.7. The summed E-state index contributed by atoms with van der Waals surface area (Å²) in [4.78, 5) is 12.1. The van der Waals surface area contributed by atoms with Gasteiger partial charge in [0.1, 0.15) is 23.1 Å². The quantitative estimate of drug-likeness (QED) is 0.428. The molecule has 0 saturated heterocycles. The van der Waals surface area contributed by atoms with Crippen LogP contribution in [0.15, 0.2) is 54.2 Å². The van der Waals surface area contributed by atoms with Crippen LogP contribution in [0.1, 0.15) is 11.1 Å². The first kappa shape index (κ1) is 17.9. The highest BCUT2D eigenvalue weighted by atomic mass is 16.5. The topological polar surface area (TPSA) is 94.4 Å². The predicted molar refractivity (Wildman–Crippen MR) is 95.0 cm³/mol. The number of rotatable bonds is 6. The van der Waals surface area contributed by atoms with Gasteiger partial charge in [-0.2, -0.15) is 5.26 Å². The third kappa shape index (κ3) is 5.01. The number of phenols is 1. The lowest BCUT2D eigenvalue weighted by molar-refractivity contribution is -0.117. The first-order valence-corrected chi connectivity index (χ1v) is 7.61. The van der Waals surface area contributed by atoms with Gasteiger partial charge in [0.15, 0.2) is 0 Å². The van der Waals surface area contributed by atoms with Gasteiger partial charge >= 0.3 is 0 Å². The molecule has 2 aromatic rings. The van der Waals surface area contributed by atoms with E-state index >= 15 is 0 Å². The molecule has 1 amide bonds. The van der Waals surface area contributed by atoms with Crippen molar-refractivity contribution < 1.29 is 14.6 Å². The first-order valence-electron chi connectivity index (χ1n) is 7.61. The van der Waals surface area contributed by atoms with E-state index in [4.69, 9.17) is 10.00 Å². The molecule has 6 nitrogen and oxygen atoms in total. The van der Waals surface area contributed by atoms with Gasteiger partial charge in [0, 0.05) is 12.7 Å². The molecule has 0 bridgehead atoms. The number of anilines is 1. The molecule has 0 radical (unpaired) electrons. The number of aryl methyl sites for hydroxylation is 1. The highest BCUT2D eigenvalue weighted by Crippen LogP contribution is 2.24. The lowest BCUT2D eigenvalue weighted by Gasteiger charge is -2.07. The monoisotopic (exact) mass is 337 g/mol. The van der Waals surface area contributed by atoms with Gasteiger partial charge in [0.2, 0.25) is 0 Å². The second-order valence-corrected chi connectivity index (χ2v) is 5.37. The van der Waals surface area contributed by atoms with Crippen LogP contribution in [-0.4, -0.2) is 18.1 Å². The number of aromatic hydroxyl groups is 1. The highest BCUT2D eigenvalue weighted by molar-refractivity contribution is 5.97. The summed E-state index contributed by atoms with van der Waals surface area (Å²) in [6.45, 7) is 2.14. The van der Waals surface area contributed by atoms with E-state index < -0.39 is 5.91 Å². The molecule has 3 N–H and O–H groups in total. The molecule has 0 spiro atoms. The minimum Gasteiger partial charge on any atom is -0.506 e. The maximum atomic E-state index is 12.1. The van der Waals surface area contributed by atoms with E-state index in [1.54, 1.807) is 31.4 Å². The molecule has 0 atom stereocenters. The zero-order chi connectivity index (χ0) is 18.2. The Labute approximate surface area is 146 Å². The van der Waals surface area contributed by atoms with Crippen LogP contribution in [0.5, 0.6) is 11.5 Å². The first-order chi connectivity index (χ1) is 12.0. The Balaban J connectivity index is 1.98. The SMILES string of the molecule is COc1ccc(CNC(=O)/C(C#N)=C\Nc2ccc(C)cc2O)cc1. The van der Waals surface area contributed by atoms with Gasteiger partial charge in [0.25, 0.3) is 5.91 Å². The van der Waals surface area contributed by atoms with Crippen molar-refractivity contribution in [1.82, 2.24) is 5.32 Å². The number of nitrogens with one attached hydrogen (secondary N) is 2. The zero-order valence-electron chi connectivity index (χ0n) is 14.0. The van der Waals surface area contributed by atoms with Gasteiger partial charge in [-0.05, 0) is 42.3 Å². The Morgan fingerprint density at radius 1 is 1.28 bits per heavy atom. The highest BCUT2D eigenvalue weighted by Gasteiger charge is 2.09. The summed E-state index contributed by atoms with van der Waals surface area (Å²) in [5, 5.41) is 24.4. The van der Waals surface area contributed by atoms with Gasteiger partial charge in [-0.3, -0.25) is 4.79 Å². The number of hydrogen-bond donors (Lipinski definition) is 3. The van der Waals surface area contributed by atoms with Crippen LogP contribution >= 0.6 is 0 Å². The second-order valence-electron chi connectivity index (χ2n) is 5.37. The molecule has 0 heterocycles. The Morgan fingerprint density at radius 2 is 2.00 bits per heavy atom. The number of phenolic OH excluding ortho intramolecular Hbond substituents is 1. The Morgan fingerprint density at radius 3 is 2.60 bits per heavy atom. The Kier molecular flexibility index (Phi) is 6.02. The van der Waals surface area contributed by atoms with Crippen LogP contribution in [-0.2, 0) is 11.3 Å². The number of nitriles is 1. The summed E-state index contributed by atoms with van der Waals surface area (Å²) < 4.78 is 5.07. The number of methoxy groups -OCH3 is 1. The average Bonchev–Trinajstić information content (AvgIpc) is 2.62. The molecule has 6 heteroatoms. The lowest BCUT2D eigenvalue weighted by Crippen LogP contribution is -2.24. The number of nitrogens with zero attached hydrogens (tertiary/aromatic N) is 1. The molecule has 2 rings (SSSR count). The summed E-state index contributed by atoms with van der Waals surface area (Å²) >= 11 is 0. The van der Waals surface area contributed by atoms with Crippen molar-refractivity contribution in [1.29, 1.82) is 5.26 Å². The molecular weight excluding hydrogens is 318 g/mol. The van der Waals surface area contributed by atoms with Crippen LogP contribution in [0, 0.1) is 18.3 Å². The number of benzene rings is 2. The average molecular weight is 337 g/mol. The smallest absolute Gasteiger partial charge is 0.263 e. The minimum absolute atomic E-state index is 0.0483. The molecule has 0 aromatic heterocycles. The fourth-order valence-electron chi connectivity index (χ4n) is 2.08. The van der Waals surface area contributed by atoms with Crippen molar-refractivity contribution in [3.8, 4) is 17.6 Å². The van der Waals surface area contributed by atoms with Gasteiger partial charge < -0.3 is 20.5 Å². The van der Waals surface area contributed by atoms with E-state index in [-0.39, 0.29) is 17.9 Å². The third-order valence-corrected chi connectivity index (χ3v) is 3.50. The number of carbonyl (C=O) groups is 1. The molecule has 0 fully saturated rings. The van der Waals surface area contributed by atoms with E-state index in [9.17, 15) is 9.90 Å². The summed E-state index contributed by atoms with van der Waals surface area (Å²) in [6.07, 6.45) is 1.27. The van der Waals surface area contributed by atoms with Gasteiger partial charge in [-0.15, -0.1) is 0 Å². The zero-order valence-corrected chi connectivity index (χ0v) is 14.0. The van der Waals surface area contributed by atoms with Crippen LogP contribution in [0.4, 0.5) is 5.69 Å². The molecule has 0 aliphatic carbocycles. The molecule has 0 aliphatic rings. The maximum absolute atomic E-state index is 12.1. The van der Waals surface area contributed by atoms with E-state index in [2.05, 4.69) is 10.6 Å². The predicted octanol–water partition coefficient (Wildman–Crippen LogP) is 2.85. The summed E-state index contributed by atoms with van der Waals surface area (Å²) in [5.41, 5.74) is 2.12. The van der Waals surface area contributed by atoms with Crippen molar-refractivity contribution in [2.75, 3.05) is 12.4 Å². The van der Waals surface area contributed by atoms with Crippen LogP contribution in [0.3, 0.4) is 0 Å². The third-order valence-electron chi connectivity index (χ3n) is 3.50. The fourth-order valence-corrected chi connectivity index (χ4v) is 2.08. The molecule has 0 aliphatic heterocycles. The second kappa shape index (κ2) is 8.41. The van der Waals surface area contributed by atoms with E-state index in [1.165, 1.54) is 6.20 Å². The van der Waals surface area contributed by atoms with Crippen LogP contribution in [0.2, 0.25) is 0 Å². The summed E-state index contributed by atoms with van der Waals surface area (Å²) in [5.74, 6) is 0.277. The van der Waals surface area contributed by atoms with Crippen molar-refractivity contribution in [3.63, 3.8) is 0 Å². The number of amides is 1. The summed E-state index contributed by atoms with van der Waals surface area (Å²) in [7, 11) is 1.58. The molecule has 2 aromatic carbocycles. The molecule has 128 valence electrons. The maximum Gasteiger partial charge on any atom is 0.263 e. The van der Waals surface area contributed by atoms with E-state index in [0.717, 1.165) is 16.9 Å². The van der Waals surface area contributed by atoms with Crippen molar-refractivity contribution in [2.45, 2.75) is 13.5 Å². The van der Waals surface area contributed by atoms with Crippen molar-refractivity contribution in [2.24, 2.45) is 0 Å². The minimum atomic E-state index is -0.502.